The zero-order valence-electron chi connectivity index (χ0n) is 14.9. The molecule has 7 nitrogen and oxygen atoms in total. The molecule has 1 fully saturated rings. The van der Waals surface area contributed by atoms with E-state index < -0.39 is 15.9 Å². The molecule has 2 aromatic rings. The van der Waals surface area contributed by atoms with Crippen LogP contribution >= 0.6 is 0 Å². The van der Waals surface area contributed by atoms with Crippen LogP contribution in [0, 0.1) is 11.8 Å². The maximum Gasteiger partial charge on any atom is 0.289 e. The van der Waals surface area contributed by atoms with Gasteiger partial charge in [-0.05, 0) is 24.0 Å². The summed E-state index contributed by atoms with van der Waals surface area (Å²) in [6.45, 7) is 4.63. The summed E-state index contributed by atoms with van der Waals surface area (Å²) >= 11 is 0. The van der Waals surface area contributed by atoms with Gasteiger partial charge in [-0.1, -0.05) is 26.0 Å². The number of benzene rings is 1. The van der Waals surface area contributed by atoms with E-state index in [1.165, 1.54) is 6.07 Å². The predicted octanol–water partition coefficient (Wildman–Crippen LogP) is 1.44. The number of fused-ring (bicyclic) bond motifs is 1. The van der Waals surface area contributed by atoms with Gasteiger partial charge in [0.1, 0.15) is 5.58 Å². The van der Waals surface area contributed by atoms with E-state index in [-0.39, 0.29) is 35.6 Å². The third-order valence-electron chi connectivity index (χ3n) is 4.72. The Balaban J connectivity index is 1.89. The number of para-hydroxylation sites is 1. The number of sulfonamides is 1. The van der Waals surface area contributed by atoms with Crippen molar-refractivity contribution in [2.75, 3.05) is 19.3 Å². The monoisotopic (exact) mass is 378 g/mol. The summed E-state index contributed by atoms with van der Waals surface area (Å²) < 4.78 is 31.5. The smallest absolute Gasteiger partial charge is 0.289 e. The minimum atomic E-state index is -3.38. The Bertz CT molecular complexity index is 996. The van der Waals surface area contributed by atoms with Crippen molar-refractivity contribution in [1.29, 1.82) is 0 Å². The lowest BCUT2D eigenvalue weighted by Gasteiger charge is -2.21. The molecule has 140 valence electrons. The average Bonchev–Trinajstić information content (AvgIpc) is 2.96. The molecule has 1 amide bonds. The third kappa shape index (κ3) is 3.81. The van der Waals surface area contributed by atoms with Crippen molar-refractivity contribution in [3.05, 3.63) is 46.3 Å². The summed E-state index contributed by atoms with van der Waals surface area (Å²) in [4.78, 5) is 26.6. The highest BCUT2D eigenvalue weighted by Gasteiger charge is 2.39. The van der Waals surface area contributed by atoms with E-state index >= 15 is 0 Å². The molecule has 0 bridgehead atoms. The van der Waals surface area contributed by atoms with Crippen LogP contribution in [0.25, 0.3) is 11.0 Å². The van der Waals surface area contributed by atoms with E-state index in [0.29, 0.717) is 17.5 Å². The first-order valence-electron chi connectivity index (χ1n) is 8.45. The molecular formula is C18H22N2O5S. The molecule has 1 aliphatic heterocycles. The number of rotatable bonds is 4. The molecule has 1 N–H and O–H groups in total. The second-order valence-electron chi connectivity index (χ2n) is 7.09. The van der Waals surface area contributed by atoms with Crippen LogP contribution in [-0.2, 0) is 10.0 Å². The molecule has 0 spiro atoms. The van der Waals surface area contributed by atoms with Crippen molar-refractivity contribution in [2.45, 2.75) is 19.9 Å². The lowest BCUT2D eigenvalue weighted by Crippen LogP contribution is -2.41. The third-order valence-corrected chi connectivity index (χ3v) is 5.45. The van der Waals surface area contributed by atoms with Gasteiger partial charge in [0.2, 0.25) is 10.0 Å². The normalized spacial score (nSPS) is 20.8. The highest BCUT2D eigenvalue weighted by molar-refractivity contribution is 7.88. The SMILES string of the molecule is CC(C)[C@@H]1CN(C(=O)c2cc(=O)c3ccccc3o2)C[C@H]1NS(C)(=O)=O. The molecular weight excluding hydrogens is 356 g/mol. The minimum Gasteiger partial charge on any atom is -0.451 e. The van der Waals surface area contributed by atoms with Gasteiger partial charge in [-0.3, -0.25) is 9.59 Å². The summed E-state index contributed by atoms with van der Waals surface area (Å²) in [6.07, 6.45) is 1.11. The molecule has 1 aromatic heterocycles. The molecule has 0 aliphatic carbocycles. The van der Waals surface area contributed by atoms with E-state index in [1.54, 1.807) is 29.2 Å². The van der Waals surface area contributed by atoms with Crippen LogP contribution in [0.3, 0.4) is 0 Å². The highest BCUT2D eigenvalue weighted by atomic mass is 32.2. The Hall–Kier alpha value is -2.19. The largest absolute Gasteiger partial charge is 0.451 e. The lowest BCUT2D eigenvalue weighted by atomic mass is 9.92. The fourth-order valence-electron chi connectivity index (χ4n) is 3.44. The van der Waals surface area contributed by atoms with Gasteiger partial charge in [-0.15, -0.1) is 0 Å². The van der Waals surface area contributed by atoms with E-state index in [1.807, 2.05) is 13.8 Å². The Morgan fingerprint density at radius 1 is 1.27 bits per heavy atom. The molecule has 1 saturated heterocycles. The first-order valence-corrected chi connectivity index (χ1v) is 10.3. The Kier molecular flexibility index (Phi) is 4.90. The number of likely N-dealkylation sites (tertiary alicyclic amines) is 1. The van der Waals surface area contributed by atoms with E-state index in [4.69, 9.17) is 4.42 Å². The van der Waals surface area contributed by atoms with Gasteiger partial charge < -0.3 is 9.32 Å². The topological polar surface area (TPSA) is 96.7 Å². The van der Waals surface area contributed by atoms with Crippen LogP contribution in [0.5, 0.6) is 0 Å². The summed E-state index contributed by atoms with van der Waals surface area (Å²) in [6, 6.07) is 7.59. The number of carbonyl (C=O) groups excluding carboxylic acids is 1. The van der Waals surface area contributed by atoms with Crippen molar-refractivity contribution in [2.24, 2.45) is 11.8 Å². The Morgan fingerprint density at radius 3 is 2.62 bits per heavy atom. The van der Waals surface area contributed by atoms with Gasteiger partial charge in [0.25, 0.3) is 5.91 Å². The second-order valence-corrected chi connectivity index (χ2v) is 8.87. The molecule has 0 saturated carbocycles. The number of nitrogens with zero attached hydrogens (tertiary/aromatic N) is 1. The standard InChI is InChI=1S/C18H22N2O5S/c1-11(2)13-9-20(10-14(13)19-26(3,23)24)18(22)17-8-15(21)12-6-4-5-7-16(12)25-17/h4-8,11,13-14,19H,9-10H2,1-3H3/t13-,14+/m0/s1. The summed E-state index contributed by atoms with van der Waals surface area (Å²) in [7, 11) is -3.38. The molecule has 0 radical (unpaired) electrons. The van der Waals surface area contributed by atoms with Crippen LogP contribution in [0.15, 0.2) is 39.5 Å². The van der Waals surface area contributed by atoms with Gasteiger partial charge in [0, 0.05) is 25.2 Å². The maximum atomic E-state index is 12.8. The number of hydrogen-bond acceptors (Lipinski definition) is 5. The molecule has 1 aliphatic rings. The van der Waals surface area contributed by atoms with E-state index in [0.717, 1.165) is 6.26 Å². The molecule has 2 heterocycles. The maximum absolute atomic E-state index is 12.8. The fourth-order valence-corrected chi connectivity index (χ4v) is 4.23. The quantitative estimate of drug-likeness (QED) is 0.868. The second kappa shape index (κ2) is 6.85. The van der Waals surface area contributed by atoms with Gasteiger partial charge >= 0.3 is 0 Å². The van der Waals surface area contributed by atoms with Crippen LogP contribution in [0.4, 0.5) is 0 Å². The number of amides is 1. The van der Waals surface area contributed by atoms with Crippen LogP contribution in [-0.4, -0.2) is 44.6 Å². The Morgan fingerprint density at radius 2 is 1.96 bits per heavy atom. The molecule has 26 heavy (non-hydrogen) atoms. The molecule has 1 aromatic carbocycles. The van der Waals surface area contributed by atoms with Crippen molar-refractivity contribution in [3.8, 4) is 0 Å². The average molecular weight is 378 g/mol. The van der Waals surface area contributed by atoms with Crippen LogP contribution < -0.4 is 10.2 Å². The van der Waals surface area contributed by atoms with E-state index in [2.05, 4.69) is 4.72 Å². The van der Waals surface area contributed by atoms with Crippen molar-refractivity contribution in [3.63, 3.8) is 0 Å². The molecule has 3 rings (SSSR count). The summed E-state index contributed by atoms with van der Waals surface area (Å²) in [5.41, 5.74) is 0.0781. The van der Waals surface area contributed by atoms with Crippen molar-refractivity contribution < 1.29 is 17.6 Å². The van der Waals surface area contributed by atoms with Gasteiger partial charge in [0.15, 0.2) is 11.2 Å². The van der Waals surface area contributed by atoms with Gasteiger partial charge in [-0.25, -0.2) is 13.1 Å². The summed E-state index contributed by atoms with van der Waals surface area (Å²) in [5.74, 6) is -0.260. The van der Waals surface area contributed by atoms with Crippen molar-refractivity contribution >= 4 is 26.9 Å². The Labute approximate surface area is 152 Å². The lowest BCUT2D eigenvalue weighted by molar-refractivity contribution is 0.0752. The first kappa shape index (κ1) is 18.6. The van der Waals surface area contributed by atoms with E-state index in [9.17, 15) is 18.0 Å². The number of carbonyl (C=O) groups is 1. The summed E-state index contributed by atoms with van der Waals surface area (Å²) in [5, 5.41) is 0.419. The van der Waals surface area contributed by atoms with Crippen LogP contribution in [0.1, 0.15) is 24.4 Å². The number of hydrogen-bond donors (Lipinski definition) is 1. The fraction of sp³-hybridized carbons (Fsp3) is 0.444. The zero-order chi connectivity index (χ0) is 19.1. The molecule has 0 unspecified atom stereocenters. The number of nitrogens with one attached hydrogen (secondary N) is 1. The van der Waals surface area contributed by atoms with Crippen LogP contribution in [0.2, 0.25) is 0 Å². The first-order chi connectivity index (χ1) is 12.2. The molecule has 8 heteroatoms. The highest BCUT2D eigenvalue weighted by Crippen LogP contribution is 2.26. The predicted molar refractivity (Wildman–Crippen MR) is 98.5 cm³/mol. The zero-order valence-corrected chi connectivity index (χ0v) is 15.7. The molecule has 2 atom stereocenters. The van der Waals surface area contributed by atoms with Gasteiger partial charge in [-0.2, -0.15) is 0 Å². The van der Waals surface area contributed by atoms with Gasteiger partial charge in [0.05, 0.1) is 11.6 Å². The minimum absolute atomic E-state index is 0.0131. The van der Waals surface area contributed by atoms with Crippen molar-refractivity contribution in [1.82, 2.24) is 9.62 Å².